The molecule has 1 fully saturated rings. The molecule has 0 aliphatic carbocycles. The van der Waals surface area contributed by atoms with Crippen LogP contribution in [0.3, 0.4) is 0 Å². The summed E-state index contributed by atoms with van der Waals surface area (Å²) in [5, 5.41) is 5.37. The van der Waals surface area contributed by atoms with Crippen molar-refractivity contribution in [2.24, 2.45) is 0 Å². The van der Waals surface area contributed by atoms with E-state index in [1.165, 1.54) is 12.3 Å². The molecule has 4 unspecified atom stereocenters. The fourth-order valence-electron chi connectivity index (χ4n) is 6.56. The Kier molecular flexibility index (Phi) is 17.7. The lowest BCUT2D eigenvalue weighted by atomic mass is 9.78. The van der Waals surface area contributed by atoms with E-state index in [9.17, 15) is 28.5 Å². The number of methoxy groups -OCH3 is 1. The van der Waals surface area contributed by atoms with Gasteiger partial charge in [0, 0.05) is 43.5 Å². The number of aryl methyl sites for hydroxylation is 2. The molecule has 0 spiro atoms. The number of hydrogen-bond donors (Lipinski definition) is 2. The second-order valence-corrected chi connectivity index (χ2v) is 16.0. The van der Waals surface area contributed by atoms with Gasteiger partial charge in [0.25, 0.3) is 0 Å². The first kappa shape index (κ1) is 46.6. The first-order valence-electron chi connectivity index (χ1n) is 19.4. The van der Waals surface area contributed by atoms with Crippen molar-refractivity contribution in [3.63, 3.8) is 0 Å². The lowest BCUT2D eigenvalue weighted by Gasteiger charge is -2.34. The highest BCUT2D eigenvalue weighted by molar-refractivity contribution is 5.90. The van der Waals surface area contributed by atoms with Crippen LogP contribution in [0.25, 0.3) is 0 Å². The number of hydrogen-bond acceptors (Lipinski definition) is 10. The predicted molar refractivity (Wildman–Crippen MR) is 214 cm³/mol. The number of nitrogens with zero attached hydrogens (tertiary/aromatic N) is 2. The molecule has 2 N–H and O–H groups in total. The van der Waals surface area contributed by atoms with Gasteiger partial charge >= 0.3 is 11.7 Å². The maximum atomic E-state index is 13.3. The molecule has 14 heteroatoms. The van der Waals surface area contributed by atoms with Crippen molar-refractivity contribution in [1.29, 1.82) is 0 Å². The number of anilines is 1. The van der Waals surface area contributed by atoms with Gasteiger partial charge in [-0.1, -0.05) is 57.2 Å². The van der Waals surface area contributed by atoms with E-state index in [1.807, 2.05) is 91.8 Å². The number of carbonyl (C=O) groups excluding carboxylic acids is 4. The van der Waals surface area contributed by atoms with Crippen LogP contribution in [-0.4, -0.2) is 64.6 Å². The van der Waals surface area contributed by atoms with Crippen molar-refractivity contribution in [2.45, 2.75) is 142 Å². The van der Waals surface area contributed by atoms with Crippen molar-refractivity contribution >= 4 is 29.9 Å². The molecule has 3 aromatic rings. The molecular formula is C43H59FN4O9. The van der Waals surface area contributed by atoms with Gasteiger partial charge in [0.2, 0.25) is 11.8 Å². The zero-order valence-corrected chi connectivity index (χ0v) is 34.7. The highest BCUT2D eigenvalue weighted by atomic mass is 19.3. The molecule has 4 rings (SSSR count). The third kappa shape index (κ3) is 14.9. The van der Waals surface area contributed by atoms with E-state index in [1.54, 1.807) is 13.2 Å². The number of esters is 1. The SMILES string of the molecule is CCC1CCC(OF)C(n2ccc(NC(=O)CC(C)(C)c3c(C)cc(C)cc3OC(=O)CCCC(=O)NC(C=O)Cc3ccccc3)nc2=O)O1.COC(C)(C)C. The summed E-state index contributed by atoms with van der Waals surface area (Å²) in [6.45, 7) is 15.4. The zero-order chi connectivity index (χ0) is 42.3. The smallest absolute Gasteiger partial charge is 0.351 e. The fraction of sp³-hybridized carbons (Fsp3) is 0.535. The van der Waals surface area contributed by atoms with Crippen molar-refractivity contribution < 1.29 is 42.9 Å². The summed E-state index contributed by atoms with van der Waals surface area (Å²) in [4.78, 5) is 71.2. The summed E-state index contributed by atoms with van der Waals surface area (Å²) in [6, 6.07) is 13.8. The van der Waals surface area contributed by atoms with Crippen LogP contribution < -0.4 is 21.1 Å². The van der Waals surface area contributed by atoms with Gasteiger partial charge < -0.3 is 29.6 Å². The van der Waals surface area contributed by atoms with Crippen LogP contribution in [0.1, 0.15) is 115 Å². The van der Waals surface area contributed by atoms with E-state index >= 15 is 0 Å². The molecule has 0 bridgehead atoms. The largest absolute Gasteiger partial charge is 0.426 e. The van der Waals surface area contributed by atoms with Gasteiger partial charge in [-0.15, -0.1) is 0 Å². The number of amides is 2. The number of ether oxygens (including phenoxy) is 3. The molecule has 0 radical (unpaired) electrons. The minimum atomic E-state index is -0.986. The molecule has 2 aromatic carbocycles. The Morgan fingerprint density at radius 1 is 1.04 bits per heavy atom. The number of nitrogens with one attached hydrogen (secondary N) is 2. The lowest BCUT2D eigenvalue weighted by Crippen LogP contribution is -2.41. The zero-order valence-electron chi connectivity index (χ0n) is 34.7. The Labute approximate surface area is 334 Å². The van der Waals surface area contributed by atoms with Gasteiger partial charge in [0.15, 0.2) is 6.23 Å². The Bertz CT molecular complexity index is 1860. The average molecular weight is 795 g/mol. The molecule has 13 nitrogen and oxygen atoms in total. The van der Waals surface area contributed by atoms with E-state index in [0.717, 1.165) is 21.3 Å². The highest BCUT2D eigenvalue weighted by Crippen LogP contribution is 2.38. The maximum absolute atomic E-state index is 13.3. The molecule has 2 heterocycles. The van der Waals surface area contributed by atoms with Crippen molar-refractivity contribution in [1.82, 2.24) is 14.9 Å². The number of carbonyl (C=O) groups is 4. The third-order valence-corrected chi connectivity index (χ3v) is 9.52. The minimum Gasteiger partial charge on any atom is -0.426 e. The molecule has 0 saturated carbocycles. The van der Waals surface area contributed by atoms with Crippen molar-refractivity contribution in [3.8, 4) is 5.75 Å². The number of benzene rings is 2. The summed E-state index contributed by atoms with van der Waals surface area (Å²) < 4.78 is 31.0. The van der Waals surface area contributed by atoms with Gasteiger partial charge in [-0.25, -0.2) is 4.79 Å². The van der Waals surface area contributed by atoms with Crippen LogP contribution in [0.4, 0.5) is 10.3 Å². The monoisotopic (exact) mass is 794 g/mol. The second-order valence-electron chi connectivity index (χ2n) is 16.0. The van der Waals surface area contributed by atoms with Crippen LogP contribution in [0.2, 0.25) is 0 Å². The Hall–Kier alpha value is -4.79. The summed E-state index contributed by atoms with van der Waals surface area (Å²) >= 11 is 0. The molecule has 4 atom stereocenters. The Balaban J connectivity index is 0.00000134. The summed E-state index contributed by atoms with van der Waals surface area (Å²) in [6.07, 6.45) is 2.22. The van der Waals surface area contributed by atoms with Gasteiger partial charge in [0.05, 0.1) is 17.7 Å². The van der Waals surface area contributed by atoms with Crippen molar-refractivity contribution in [2.75, 3.05) is 12.4 Å². The summed E-state index contributed by atoms with van der Waals surface area (Å²) in [5.41, 5.74) is 1.73. The molecular weight excluding hydrogens is 735 g/mol. The molecule has 2 amide bonds. The van der Waals surface area contributed by atoms with E-state index in [4.69, 9.17) is 14.2 Å². The summed E-state index contributed by atoms with van der Waals surface area (Å²) in [5.74, 6) is -0.978. The van der Waals surface area contributed by atoms with E-state index in [-0.39, 0.29) is 49.1 Å². The van der Waals surface area contributed by atoms with Crippen LogP contribution in [0.5, 0.6) is 5.75 Å². The number of aldehydes is 1. The number of halogens is 1. The molecule has 1 aromatic heterocycles. The van der Waals surface area contributed by atoms with E-state index in [2.05, 4.69) is 20.6 Å². The Morgan fingerprint density at radius 2 is 1.72 bits per heavy atom. The van der Waals surface area contributed by atoms with Crippen LogP contribution in [0.15, 0.2) is 59.5 Å². The molecule has 1 aliphatic heterocycles. The average Bonchev–Trinajstić information content (AvgIpc) is 3.14. The second kappa shape index (κ2) is 21.7. The number of rotatable bonds is 16. The van der Waals surface area contributed by atoms with Crippen LogP contribution in [0, 0.1) is 13.8 Å². The molecule has 1 saturated heterocycles. The lowest BCUT2D eigenvalue weighted by molar-refractivity contribution is -0.262. The first-order chi connectivity index (χ1) is 26.9. The fourth-order valence-corrected chi connectivity index (χ4v) is 6.56. The van der Waals surface area contributed by atoms with Crippen molar-refractivity contribution in [3.05, 3.63) is 87.5 Å². The minimum absolute atomic E-state index is 0.0217. The molecule has 1 aliphatic rings. The molecule has 57 heavy (non-hydrogen) atoms. The topological polar surface area (TPSA) is 164 Å². The third-order valence-electron chi connectivity index (χ3n) is 9.52. The quantitative estimate of drug-likeness (QED) is 0.0881. The molecule has 312 valence electrons. The Morgan fingerprint density at radius 3 is 2.32 bits per heavy atom. The van der Waals surface area contributed by atoms with Crippen LogP contribution in [-0.2, 0) is 45.4 Å². The van der Waals surface area contributed by atoms with E-state index < -0.39 is 41.4 Å². The standard InChI is InChI=1S/C38H47FN4O8.C5H12O/c1-6-28-15-16-29(51-39)36(49-28)43-18-17-31(42-37(43)48)41-33(46)22-38(4,5)35-25(3)19-24(2)20-30(35)50-34(47)14-10-13-32(45)40-27(23-44)21-26-11-8-7-9-12-26;1-5(2,3)6-4/h7-9,11-12,17-20,23,27-29,36H,6,10,13-16,21-22H2,1-5H3,(H,40,45)(H,41,42,46,48);1-4H3. The maximum Gasteiger partial charge on any atom is 0.351 e. The van der Waals surface area contributed by atoms with E-state index in [0.29, 0.717) is 43.3 Å². The number of aromatic nitrogens is 2. The van der Waals surface area contributed by atoms with Gasteiger partial charge in [-0.2, -0.15) is 9.93 Å². The highest BCUT2D eigenvalue weighted by Gasteiger charge is 2.35. The van der Waals surface area contributed by atoms with Crippen LogP contribution >= 0.6 is 0 Å². The summed E-state index contributed by atoms with van der Waals surface area (Å²) in [7, 11) is 1.71. The van der Waals surface area contributed by atoms with Gasteiger partial charge in [-0.3, -0.25) is 19.0 Å². The van der Waals surface area contributed by atoms with Gasteiger partial charge in [-0.05, 0) is 100 Å². The normalized spacial score (nSPS) is 17.4. The first-order valence-corrected chi connectivity index (χ1v) is 19.4. The predicted octanol–water partition coefficient (Wildman–Crippen LogP) is 6.96. The van der Waals surface area contributed by atoms with Gasteiger partial charge in [0.1, 0.15) is 24.0 Å².